The van der Waals surface area contributed by atoms with Gasteiger partial charge in [-0.2, -0.15) is 0 Å². The Morgan fingerprint density at radius 1 is 1.17 bits per heavy atom. The second kappa shape index (κ2) is 8.88. The number of benzene rings is 1. The molecule has 0 saturated heterocycles. The molecule has 30 heavy (non-hydrogen) atoms. The van der Waals surface area contributed by atoms with Crippen LogP contribution >= 0.6 is 23.1 Å². The number of rotatable bonds is 6. The molecule has 0 aliphatic heterocycles. The zero-order valence-corrected chi connectivity index (χ0v) is 19.4. The molecule has 2 aliphatic rings. The van der Waals surface area contributed by atoms with E-state index in [1.165, 1.54) is 60.1 Å². The van der Waals surface area contributed by atoms with E-state index in [1.54, 1.807) is 23.1 Å². The second-order valence-corrected chi connectivity index (χ2v) is 10.8. The van der Waals surface area contributed by atoms with Crippen molar-refractivity contribution in [2.75, 3.05) is 5.75 Å². The molecule has 2 aromatic heterocycles. The largest absolute Gasteiger partial charge is 0.287 e. The first kappa shape index (κ1) is 20.3. The Labute approximate surface area is 186 Å². The van der Waals surface area contributed by atoms with Gasteiger partial charge in [0, 0.05) is 17.2 Å². The maximum absolute atomic E-state index is 13.8. The summed E-state index contributed by atoms with van der Waals surface area (Å²) in [5.74, 6) is 1.66. The molecule has 2 aliphatic carbocycles. The monoisotopic (exact) mass is 438 g/mol. The third-order valence-electron chi connectivity index (χ3n) is 6.68. The van der Waals surface area contributed by atoms with Gasteiger partial charge in [0.05, 0.1) is 5.39 Å². The summed E-state index contributed by atoms with van der Waals surface area (Å²) < 4.78 is 2.05. The fourth-order valence-corrected chi connectivity index (χ4v) is 7.42. The van der Waals surface area contributed by atoms with Crippen LogP contribution in [0.15, 0.2) is 34.2 Å². The maximum atomic E-state index is 13.8. The van der Waals surface area contributed by atoms with Crippen LogP contribution in [0, 0.1) is 5.92 Å². The topological polar surface area (TPSA) is 34.9 Å². The second-order valence-electron chi connectivity index (χ2n) is 8.76. The number of hydrogen-bond acceptors (Lipinski definition) is 4. The average Bonchev–Trinajstić information content (AvgIpc) is 3.16. The Bertz CT molecular complexity index is 1110. The summed E-state index contributed by atoms with van der Waals surface area (Å²) in [5.41, 5.74) is 4.16. The minimum Gasteiger partial charge on any atom is -0.287 e. The molecular weight excluding hydrogens is 408 g/mol. The van der Waals surface area contributed by atoms with E-state index in [0.29, 0.717) is 5.92 Å². The van der Waals surface area contributed by atoms with Crippen LogP contribution in [0.3, 0.4) is 0 Å². The van der Waals surface area contributed by atoms with E-state index >= 15 is 0 Å². The first-order valence-corrected chi connectivity index (χ1v) is 13.3. The van der Waals surface area contributed by atoms with Crippen LogP contribution < -0.4 is 5.56 Å². The number of hydrogen-bond donors (Lipinski definition) is 0. The van der Waals surface area contributed by atoms with Crippen molar-refractivity contribution in [2.24, 2.45) is 5.92 Å². The van der Waals surface area contributed by atoms with E-state index in [0.717, 1.165) is 46.9 Å². The van der Waals surface area contributed by atoms with Gasteiger partial charge in [-0.25, -0.2) is 4.98 Å². The Balaban J connectivity index is 1.62. The Hall–Kier alpha value is -1.59. The molecular formula is C25H30N2OS2. The van der Waals surface area contributed by atoms with E-state index in [1.807, 2.05) is 4.57 Å². The highest BCUT2D eigenvalue weighted by Gasteiger charge is 2.26. The zero-order valence-electron chi connectivity index (χ0n) is 17.8. The SMILES string of the molecule is CCCCSc1nc2sc3c(c2c(=O)n1CC1CCCCC1)CCc1ccccc1-3. The third kappa shape index (κ3) is 3.75. The normalized spacial score (nSPS) is 16.6. The van der Waals surface area contributed by atoms with E-state index in [4.69, 9.17) is 4.98 Å². The Morgan fingerprint density at radius 2 is 2.00 bits per heavy atom. The number of unbranched alkanes of at least 4 members (excludes halogenated alkanes) is 1. The van der Waals surface area contributed by atoms with Crippen molar-refractivity contribution in [2.45, 2.75) is 76.4 Å². The van der Waals surface area contributed by atoms with Crippen molar-refractivity contribution in [3.63, 3.8) is 0 Å². The van der Waals surface area contributed by atoms with Crippen LogP contribution in [0.2, 0.25) is 0 Å². The zero-order chi connectivity index (χ0) is 20.5. The third-order valence-corrected chi connectivity index (χ3v) is 8.90. The summed E-state index contributed by atoms with van der Waals surface area (Å²) in [7, 11) is 0. The molecule has 0 atom stereocenters. The van der Waals surface area contributed by atoms with Crippen molar-refractivity contribution in [3.05, 3.63) is 45.7 Å². The van der Waals surface area contributed by atoms with E-state index in [9.17, 15) is 4.79 Å². The molecule has 3 aromatic rings. The molecule has 0 unspecified atom stereocenters. The molecule has 0 radical (unpaired) electrons. The molecule has 0 amide bonds. The lowest BCUT2D eigenvalue weighted by molar-refractivity contribution is 0.306. The smallest absolute Gasteiger partial charge is 0.263 e. The average molecular weight is 439 g/mol. The highest BCUT2D eigenvalue weighted by Crippen LogP contribution is 2.42. The van der Waals surface area contributed by atoms with Crippen LogP contribution in [0.5, 0.6) is 0 Å². The molecule has 5 heteroatoms. The molecule has 2 heterocycles. The number of fused-ring (bicyclic) bond motifs is 5. The lowest BCUT2D eigenvalue weighted by atomic mass is 9.89. The fraction of sp³-hybridized carbons (Fsp3) is 0.520. The van der Waals surface area contributed by atoms with Gasteiger partial charge < -0.3 is 0 Å². The Morgan fingerprint density at radius 3 is 2.83 bits per heavy atom. The van der Waals surface area contributed by atoms with Gasteiger partial charge in [0.2, 0.25) is 0 Å². The first-order valence-electron chi connectivity index (χ1n) is 11.5. The summed E-state index contributed by atoms with van der Waals surface area (Å²) in [5, 5.41) is 1.85. The van der Waals surface area contributed by atoms with Gasteiger partial charge in [-0.1, -0.05) is 68.6 Å². The summed E-state index contributed by atoms with van der Waals surface area (Å²) in [4.78, 5) is 21.1. The van der Waals surface area contributed by atoms with Crippen molar-refractivity contribution in [1.82, 2.24) is 9.55 Å². The van der Waals surface area contributed by atoms with Gasteiger partial charge in [0.15, 0.2) is 5.16 Å². The van der Waals surface area contributed by atoms with Crippen molar-refractivity contribution >= 4 is 33.3 Å². The Kier molecular flexibility index (Phi) is 6.01. The highest BCUT2D eigenvalue weighted by molar-refractivity contribution is 7.99. The molecule has 1 aromatic carbocycles. The summed E-state index contributed by atoms with van der Waals surface area (Å²) >= 11 is 3.51. The molecule has 1 fully saturated rings. The van der Waals surface area contributed by atoms with Crippen LogP contribution in [0.4, 0.5) is 0 Å². The molecule has 0 spiro atoms. The fourth-order valence-electron chi connectivity index (χ4n) is 5.00. The molecule has 158 valence electrons. The predicted octanol–water partition coefficient (Wildman–Crippen LogP) is 6.70. The van der Waals surface area contributed by atoms with E-state index in [-0.39, 0.29) is 5.56 Å². The minimum absolute atomic E-state index is 0.210. The summed E-state index contributed by atoms with van der Waals surface area (Å²) in [6, 6.07) is 8.66. The van der Waals surface area contributed by atoms with Gasteiger partial charge >= 0.3 is 0 Å². The minimum atomic E-state index is 0.210. The number of aryl methyl sites for hydroxylation is 2. The first-order chi connectivity index (χ1) is 14.8. The standard InChI is InChI=1S/C25H30N2OS2/c1-2-3-15-29-25-26-23-21(24(28)27(25)16-17-9-5-4-6-10-17)20-14-13-18-11-7-8-12-19(18)22(20)30-23/h7-8,11-12,17H,2-6,9-10,13-16H2,1H3. The molecule has 1 saturated carbocycles. The van der Waals surface area contributed by atoms with Crippen molar-refractivity contribution < 1.29 is 0 Å². The van der Waals surface area contributed by atoms with Crippen LogP contribution in [-0.2, 0) is 19.4 Å². The highest BCUT2D eigenvalue weighted by atomic mass is 32.2. The maximum Gasteiger partial charge on any atom is 0.263 e. The summed E-state index contributed by atoms with van der Waals surface area (Å²) in [6.07, 6.45) is 10.8. The van der Waals surface area contributed by atoms with Gasteiger partial charge in [-0.05, 0) is 54.7 Å². The number of nitrogens with zero attached hydrogens (tertiary/aromatic N) is 2. The van der Waals surface area contributed by atoms with Crippen LogP contribution in [-0.4, -0.2) is 15.3 Å². The molecule has 3 nitrogen and oxygen atoms in total. The molecule has 0 N–H and O–H groups in total. The summed E-state index contributed by atoms with van der Waals surface area (Å²) in [6.45, 7) is 3.06. The van der Waals surface area contributed by atoms with E-state index in [2.05, 4.69) is 31.2 Å². The van der Waals surface area contributed by atoms with Gasteiger partial charge in [-0.3, -0.25) is 9.36 Å². The van der Waals surface area contributed by atoms with Crippen molar-refractivity contribution in [3.8, 4) is 10.4 Å². The molecule has 0 bridgehead atoms. The van der Waals surface area contributed by atoms with E-state index < -0.39 is 0 Å². The van der Waals surface area contributed by atoms with Crippen LogP contribution in [0.1, 0.15) is 63.0 Å². The predicted molar refractivity (Wildman–Crippen MR) is 129 cm³/mol. The van der Waals surface area contributed by atoms with Gasteiger partial charge in [0.1, 0.15) is 4.83 Å². The quantitative estimate of drug-likeness (QED) is 0.244. The number of thioether (sulfide) groups is 1. The number of thiophene rings is 1. The van der Waals surface area contributed by atoms with Gasteiger partial charge in [-0.15, -0.1) is 11.3 Å². The lowest BCUT2D eigenvalue weighted by Gasteiger charge is -2.23. The van der Waals surface area contributed by atoms with Crippen molar-refractivity contribution in [1.29, 1.82) is 0 Å². The lowest BCUT2D eigenvalue weighted by Crippen LogP contribution is -2.28. The number of aromatic nitrogens is 2. The van der Waals surface area contributed by atoms with Crippen LogP contribution in [0.25, 0.3) is 20.7 Å². The molecule has 5 rings (SSSR count). The van der Waals surface area contributed by atoms with Gasteiger partial charge in [0.25, 0.3) is 5.56 Å².